The number of cyclic esters (lactones) is 1. The summed E-state index contributed by atoms with van der Waals surface area (Å²) in [4.78, 5) is 26.8. The van der Waals surface area contributed by atoms with Gasteiger partial charge in [-0.25, -0.2) is 9.18 Å². The summed E-state index contributed by atoms with van der Waals surface area (Å²) in [5.74, 6) is -0.901. The molecule has 0 spiro atoms. The van der Waals surface area contributed by atoms with Crippen molar-refractivity contribution in [3.05, 3.63) is 106 Å². The highest BCUT2D eigenvalue weighted by Gasteiger charge is 2.28. The molecule has 29 heavy (non-hydrogen) atoms. The molecule has 3 aromatic rings. The summed E-state index contributed by atoms with van der Waals surface area (Å²) >= 11 is 0. The Morgan fingerprint density at radius 2 is 1.86 bits per heavy atom. The van der Waals surface area contributed by atoms with E-state index >= 15 is 0 Å². The lowest BCUT2D eigenvalue weighted by Gasteiger charge is -2.26. The normalized spacial score (nSPS) is 15.4. The first-order valence-electron chi connectivity index (χ1n) is 9.40. The Bertz CT molecular complexity index is 1060. The minimum atomic E-state index is -0.382. The van der Waals surface area contributed by atoms with Crippen LogP contribution in [-0.2, 0) is 17.7 Å². The number of esters is 1. The van der Waals surface area contributed by atoms with Crippen molar-refractivity contribution in [2.75, 3.05) is 7.05 Å². The van der Waals surface area contributed by atoms with Crippen LogP contribution >= 0.6 is 0 Å². The Labute approximate surface area is 168 Å². The summed E-state index contributed by atoms with van der Waals surface area (Å²) in [6, 6.07) is 20.8. The van der Waals surface area contributed by atoms with E-state index in [9.17, 15) is 14.0 Å². The molecule has 0 fully saturated rings. The highest BCUT2D eigenvalue weighted by molar-refractivity contribution is 5.97. The van der Waals surface area contributed by atoms with Crippen molar-refractivity contribution in [1.82, 2.24) is 4.90 Å². The van der Waals surface area contributed by atoms with Crippen LogP contribution in [0.1, 0.15) is 43.5 Å². The van der Waals surface area contributed by atoms with Gasteiger partial charge >= 0.3 is 5.97 Å². The minimum absolute atomic E-state index is 0.188. The highest BCUT2D eigenvalue weighted by atomic mass is 19.1. The number of fused-ring (bicyclic) bond motifs is 1. The predicted octanol–water partition coefficient (Wildman–Crippen LogP) is 4.55. The van der Waals surface area contributed by atoms with Crippen LogP contribution in [0.2, 0.25) is 0 Å². The average Bonchev–Trinajstić information content (AvgIpc) is 2.73. The minimum Gasteiger partial charge on any atom is -0.454 e. The lowest BCUT2D eigenvalue weighted by Crippen LogP contribution is -2.27. The number of carbonyl (C=O) groups is 2. The molecule has 3 aromatic carbocycles. The molecular formula is C24H20FNO3. The molecule has 0 radical (unpaired) electrons. The van der Waals surface area contributed by atoms with Gasteiger partial charge in [0.05, 0.1) is 5.56 Å². The Kier molecular flexibility index (Phi) is 5.12. The maximum Gasteiger partial charge on any atom is 0.339 e. The van der Waals surface area contributed by atoms with Crippen molar-refractivity contribution < 1.29 is 18.7 Å². The van der Waals surface area contributed by atoms with Crippen molar-refractivity contribution in [2.45, 2.75) is 19.1 Å². The van der Waals surface area contributed by atoms with E-state index in [0.29, 0.717) is 29.7 Å². The van der Waals surface area contributed by atoms with Gasteiger partial charge in [-0.15, -0.1) is 0 Å². The molecule has 0 aromatic heterocycles. The summed E-state index contributed by atoms with van der Waals surface area (Å²) in [7, 11) is 1.67. The van der Waals surface area contributed by atoms with Crippen LogP contribution < -0.4 is 0 Å². The Morgan fingerprint density at radius 1 is 1.07 bits per heavy atom. The third kappa shape index (κ3) is 4.04. The molecule has 1 aliphatic heterocycles. The van der Waals surface area contributed by atoms with Crippen molar-refractivity contribution in [1.29, 1.82) is 0 Å². The molecule has 1 aliphatic rings. The second-order valence-corrected chi connectivity index (χ2v) is 7.17. The highest BCUT2D eigenvalue weighted by Crippen LogP contribution is 2.31. The van der Waals surface area contributed by atoms with Crippen LogP contribution in [0.5, 0.6) is 0 Å². The van der Waals surface area contributed by atoms with E-state index in [1.807, 2.05) is 30.3 Å². The Morgan fingerprint density at radius 3 is 2.62 bits per heavy atom. The van der Waals surface area contributed by atoms with Crippen LogP contribution in [0.25, 0.3) is 0 Å². The van der Waals surface area contributed by atoms with Gasteiger partial charge in [-0.1, -0.05) is 42.5 Å². The monoisotopic (exact) mass is 389 g/mol. The second kappa shape index (κ2) is 7.87. The van der Waals surface area contributed by atoms with Gasteiger partial charge in [-0.05, 0) is 47.0 Å². The first-order chi connectivity index (χ1) is 14.0. The largest absolute Gasteiger partial charge is 0.454 e. The maximum atomic E-state index is 13.4. The first-order valence-corrected chi connectivity index (χ1v) is 9.40. The summed E-state index contributed by atoms with van der Waals surface area (Å²) < 4.78 is 19.0. The summed E-state index contributed by atoms with van der Waals surface area (Å²) in [5.41, 5.74) is 3.41. The van der Waals surface area contributed by atoms with Crippen molar-refractivity contribution in [3.63, 3.8) is 0 Å². The molecule has 0 N–H and O–H groups in total. The van der Waals surface area contributed by atoms with Crippen LogP contribution in [0, 0.1) is 5.82 Å². The maximum absolute atomic E-state index is 13.4. The predicted molar refractivity (Wildman–Crippen MR) is 107 cm³/mol. The van der Waals surface area contributed by atoms with Gasteiger partial charge in [0.15, 0.2) is 0 Å². The van der Waals surface area contributed by atoms with E-state index in [4.69, 9.17) is 4.74 Å². The van der Waals surface area contributed by atoms with Gasteiger partial charge in [0.2, 0.25) is 0 Å². The van der Waals surface area contributed by atoms with E-state index < -0.39 is 0 Å². The standard InChI is InChI=1S/C24H20FNO3/c1-26(15-16-6-5-9-20(25)12-16)23(27)18-10-11-21-19(13-18)14-22(29-24(21)28)17-7-3-2-4-8-17/h2-13,22H,14-15H2,1H3/t22-/m1/s1. The topological polar surface area (TPSA) is 46.6 Å². The lowest BCUT2D eigenvalue weighted by atomic mass is 9.93. The van der Waals surface area contributed by atoms with Crippen molar-refractivity contribution >= 4 is 11.9 Å². The third-order valence-electron chi connectivity index (χ3n) is 5.05. The van der Waals surface area contributed by atoms with Gasteiger partial charge in [0, 0.05) is 25.6 Å². The molecular weight excluding hydrogens is 369 g/mol. The number of rotatable bonds is 4. The fourth-order valence-electron chi connectivity index (χ4n) is 3.58. The molecule has 1 amide bonds. The molecule has 0 saturated heterocycles. The van der Waals surface area contributed by atoms with E-state index in [-0.39, 0.29) is 23.8 Å². The van der Waals surface area contributed by atoms with Gasteiger partial charge < -0.3 is 9.64 Å². The SMILES string of the molecule is CN(Cc1cccc(F)c1)C(=O)c1ccc2c(c1)C[C@H](c1ccccc1)OC2=O. The second-order valence-electron chi connectivity index (χ2n) is 7.17. The van der Waals surface area contributed by atoms with Crippen LogP contribution in [-0.4, -0.2) is 23.8 Å². The van der Waals surface area contributed by atoms with Gasteiger partial charge in [-0.2, -0.15) is 0 Å². The molecule has 0 aliphatic carbocycles. The molecule has 1 heterocycles. The van der Waals surface area contributed by atoms with Crippen LogP contribution in [0.4, 0.5) is 4.39 Å². The smallest absolute Gasteiger partial charge is 0.339 e. The van der Waals surface area contributed by atoms with Gasteiger partial charge in [0.25, 0.3) is 5.91 Å². The van der Waals surface area contributed by atoms with E-state index in [0.717, 1.165) is 11.1 Å². The quantitative estimate of drug-likeness (QED) is 0.615. The molecule has 0 unspecified atom stereocenters. The Balaban J connectivity index is 1.55. The van der Waals surface area contributed by atoms with Crippen molar-refractivity contribution in [3.8, 4) is 0 Å². The fourth-order valence-corrected chi connectivity index (χ4v) is 3.58. The van der Waals surface area contributed by atoms with E-state index in [1.165, 1.54) is 17.0 Å². The molecule has 0 saturated carbocycles. The van der Waals surface area contributed by atoms with Crippen molar-refractivity contribution in [2.24, 2.45) is 0 Å². The molecule has 4 nitrogen and oxygen atoms in total. The number of benzene rings is 3. The fraction of sp³-hybridized carbons (Fsp3) is 0.167. The first kappa shape index (κ1) is 18.9. The zero-order valence-electron chi connectivity index (χ0n) is 16.0. The Hall–Kier alpha value is -3.47. The number of amides is 1. The number of hydrogen-bond acceptors (Lipinski definition) is 3. The van der Waals surface area contributed by atoms with Crippen LogP contribution in [0.3, 0.4) is 0 Å². The van der Waals surface area contributed by atoms with Crippen LogP contribution in [0.15, 0.2) is 72.8 Å². The molecule has 5 heteroatoms. The number of carbonyl (C=O) groups excluding carboxylic acids is 2. The lowest BCUT2D eigenvalue weighted by molar-refractivity contribution is 0.0252. The zero-order chi connectivity index (χ0) is 20.4. The summed E-state index contributed by atoms with van der Waals surface area (Å²) in [6.07, 6.45) is 0.145. The molecule has 1 atom stereocenters. The number of hydrogen-bond donors (Lipinski definition) is 0. The summed E-state index contributed by atoms with van der Waals surface area (Å²) in [5, 5.41) is 0. The van der Waals surface area contributed by atoms with E-state index in [2.05, 4.69) is 0 Å². The summed E-state index contributed by atoms with van der Waals surface area (Å²) in [6.45, 7) is 0.294. The molecule has 4 rings (SSSR count). The zero-order valence-corrected chi connectivity index (χ0v) is 16.0. The number of ether oxygens (including phenoxy) is 1. The third-order valence-corrected chi connectivity index (χ3v) is 5.05. The van der Waals surface area contributed by atoms with Gasteiger partial charge in [-0.3, -0.25) is 4.79 Å². The average molecular weight is 389 g/mol. The van der Waals surface area contributed by atoms with E-state index in [1.54, 1.807) is 37.4 Å². The number of nitrogens with zero attached hydrogens (tertiary/aromatic N) is 1. The molecule has 0 bridgehead atoms. The van der Waals surface area contributed by atoms with Gasteiger partial charge in [0.1, 0.15) is 11.9 Å². The number of halogens is 1. The molecule has 146 valence electrons.